The van der Waals surface area contributed by atoms with Crippen LogP contribution in [-0.2, 0) is 6.42 Å². The van der Waals surface area contributed by atoms with Crippen LogP contribution >= 0.6 is 0 Å². The van der Waals surface area contributed by atoms with Gasteiger partial charge in [-0.1, -0.05) is 0 Å². The molecule has 0 aromatic carbocycles. The lowest BCUT2D eigenvalue weighted by atomic mass is 10.2. The third kappa shape index (κ3) is 1.91. The van der Waals surface area contributed by atoms with Crippen molar-refractivity contribution in [2.45, 2.75) is 12.5 Å². The summed E-state index contributed by atoms with van der Waals surface area (Å²) in [6.07, 6.45) is 4.01. The standard InChI is InChI=1S/C11H13N7/c12-7(3-6-4-14-5-15-6)10-16-8-1-2-9(13)17-11(8)18-10/h1-2,4-5,7H,3,12H2,(H,14,15)(H3,13,16,17,18). The molecular weight excluding hydrogens is 230 g/mol. The molecule has 92 valence electrons. The normalized spacial score (nSPS) is 12.9. The largest absolute Gasteiger partial charge is 0.384 e. The van der Waals surface area contributed by atoms with E-state index in [0.29, 0.717) is 23.7 Å². The molecule has 3 aromatic rings. The lowest BCUT2D eigenvalue weighted by Crippen LogP contribution is -2.15. The van der Waals surface area contributed by atoms with E-state index in [1.54, 1.807) is 18.6 Å². The molecule has 0 aliphatic heterocycles. The number of aromatic amines is 2. The van der Waals surface area contributed by atoms with Gasteiger partial charge in [-0.3, -0.25) is 0 Å². The first-order valence-corrected chi connectivity index (χ1v) is 5.57. The molecule has 7 nitrogen and oxygen atoms in total. The van der Waals surface area contributed by atoms with Gasteiger partial charge in [0.2, 0.25) is 0 Å². The fourth-order valence-corrected chi connectivity index (χ4v) is 1.83. The van der Waals surface area contributed by atoms with Crippen LogP contribution in [0, 0.1) is 0 Å². The van der Waals surface area contributed by atoms with Crippen LogP contribution in [0.15, 0.2) is 24.7 Å². The number of fused-ring (bicyclic) bond motifs is 1. The van der Waals surface area contributed by atoms with Gasteiger partial charge in [0.05, 0.1) is 17.9 Å². The van der Waals surface area contributed by atoms with Gasteiger partial charge in [-0.2, -0.15) is 0 Å². The molecule has 0 fully saturated rings. The summed E-state index contributed by atoms with van der Waals surface area (Å²) in [7, 11) is 0. The van der Waals surface area contributed by atoms with Crippen molar-refractivity contribution in [3.05, 3.63) is 36.2 Å². The molecule has 1 unspecified atom stereocenters. The van der Waals surface area contributed by atoms with Gasteiger partial charge in [0.25, 0.3) is 0 Å². The minimum Gasteiger partial charge on any atom is -0.384 e. The third-order valence-electron chi connectivity index (χ3n) is 2.73. The molecule has 0 amide bonds. The van der Waals surface area contributed by atoms with E-state index in [1.807, 2.05) is 6.07 Å². The van der Waals surface area contributed by atoms with E-state index in [2.05, 4.69) is 24.9 Å². The second-order valence-electron chi connectivity index (χ2n) is 4.12. The minimum absolute atomic E-state index is 0.235. The predicted molar refractivity (Wildman–Crippen MR) is 67.5 cm³/mol. The second kappa shape index (κ2) is 4.11. The highest BCUT2D eigenvalue weighted by Crippen LogP contribution is 2.16. The first-order chi connectivity index (χ1) is 8.72. The first-order valence-electron chi connectivity index (χ1n) is 5.57. The molecule has 3 heterocycles. The fraction of sp³-hybridized carbons (Fsp3) is 0.182. The monoisotopic (exact) mass is 243 g/mol. The number of nitrogens with one attached hydrogen (secondary N) is 2. The molecule has 0 aliphatic carbocycles. The molecule has 0 saturated carbocycles. The zero-order valence-corrected chi connectivity index (χ0v) is 9.59. The van der Waals surface area contributed by atoms with Crippen molar-refractivity contribution in [3.63, 3.8) is 0 Å². The Morgan fingerprint density at radius 1 is 1.28 bits per heavy atom. The summed E-state index contributed by atoms with van der Waals surface area (Å²) in [5.74, 6) is 1.14. The van der Waals surface area contributed by atoms with E-state index in [1.165, 1.54) is 0 Å². The number of rotatable bonds is 3. The number of nitrogens with zero attached hydrogens (tertiary/aromatic N) is 3. The van der Waals surface area contributed by atoms with E-state index in [-0.39, 0.29) is 6.04 Å². The second-order valence-corrected chi connectivity index (χ2v) is 4.12. The zero-order chi connectivity index (χ0) is 12.5. The molecule has 3 rings (SSSR count). The van der Waals surface area contributed by atoms with E-state index >= 15 is 0 Å². The van der Waals surface area contributed by atoms with Crippen LogP contribution in [0.2, 0.25) is 0 Å². The summed E-state index contributed by atoms with van der Waals surface area (Å²) in [6.45, 7) is 0. The number of pyridine rings is 1. The lowest BCUT2D eigenvalue weighted by molar-refractivity contribution is 0.670. The van der Waals surface area contributed by atoms with Gasteiger partial charge in [-0.05, 0) is 12.1 Å². The van der Waals surface area contributed by atoms with Gasteiger partial charge in [-0.15, -0.1) is 0 Å². The molecular formula is C11H13N7. The molecule has 0 radical (unpaired) electrons. The van der Waals surface area contributed by atoms with Crippen molar-refractivity contribution >= 4 is 17.0 Å². The SMILES string of the molecule is Nc1ccc2[nH]c(C(N)Cc3cnc[nH]3)nc2n1. The molecule has 3 aromatic heterocycles. The highest BCUT2D eigenvalue weighted by atomic mass is 15.0. The van der Waals surface area contributed by atoms with Crippen LogP contribution in [0.4, 0.5) is 5.82 Å². The van der Waals surface area contributed by atoms with Crippen LogP contribution in [-0.4, -0.2) is 24.9 Å². The number of aromatic nitrogens is 5. The van der Waals surface area contributed by atoms with E-state index in [9.17, 15) is 0 Å². The van der Waals surface area contributed by atoms with Crippen LogP contribution in [0.1, 0.15) is 17.6 Å². The summed E-state index contributed by atoms with van der Waals surface area (Å²) in [5, 5.41) is 0. The molecule has 18 heavy (non-hydrogen) atoms. The van der Waals surface area contributed by atoms with E-state index in [4.69, 9.17) is 11.5 Å². The van der Waals surface area contributed by atoms with Gasteiger partial charge in [-0.25, -0.2) is 15.0 Å². The predicted octanol–water partition coefficient (Wildman–Crippen LogP) is 0.506. The van der Waals surface area contributed by atoms with E-state index < -0.39 is 0 Å². The average Bonchev–Trinajstić information content (AvgIpc) is 2.96. The van der Waals surface area contributed by atoms with Crippen molar-refractivity contribution in [1.29, 1.82) is 0 Å². The maximum Gasteiger partial charge on any atom is 0.179 e. The topological polar surface area (TPSA) is 122 Å². The summed E-state index contributed by atoms with van der Waals surface area (Å²) in [6, 6.07) is 3.34. The minimum atomic E-state index is -0.235. The van der Waals surface area contributed by atoms with Crippen LogP contribution in [0.3, 0.4) is 0 Å². The van der Waals surface area contributed by atoms with Crippen molar-refractivity contribution in [2.75, 3.05) is 5.73 Å². The van der Waals surface area contributed by atoms with Crippen molar-refractivity contribution in [3.8, 4) is 0 Å². The van der Waals surface area contributed by atoms with Crippen LogP contribution < -0.4 is 11.5 Å². The van der Waals surface area contributed by atoms with Gasteiger partial charge in [0.1, 0.15) is 11.6 Å². The Hall–Kier alpha value is -2.41. The Balaban J connectivity index is 1.89. The number of hydrogen-bond acceptors (Lipinski definition) is 5. The highest BCUT2D eigenvalue weighted by Gasteiger charge is 2.13. The average molecular weight is 243 g/mol. The van der Waals surface area contributed by atoms with Crippen molar-refractivity contribution < 1.29 is 0 Å². The Bertz CT molecular complexity index is 655. The summed E-state index contributed by atoms with van der Waals surface area (Å²) >= 11 is 0. The fourth-order valence-electron chi connectivity index (χ4n) is 1.83. The van der Waals surface area contributed by atoms with Gasteiger partial charge < -0.3 is 21.4 Å². The number of imidazole rings is 2. The van der Waals surface area contributed by atoms with Crippen LogP contribution in [0.25, 0.3) is 11.2 Å². The van der Waals surface area contributed by atoms with Crippen molar-refractivity contribution in [1.82, 2.24) is 24.9 Å². The summed E-state index contributed by atoms with van der Waals surface area (Å²) in [4.78, 5) is 18.6. The number of nitrogen functional groups attached to an aromatic ring is 1. The number of H-pyrrole nitrogens is 2. The Morgan fingerprint density at radius 3 is 2.94 bits per heavy atom. The zero-order valence-electron chi connectivity index (χ0n) is 9.59. The maximum atomic E-state index is 6.09. The summed E-state index contributed by atoms with van der Waals surface area (Å²) < 4.78 is 0. The number of anilines is 1. The Kier molecular flexibility index (Phi) is 2.45. The maximum absolute atomic E-state index is 6.09. The summed E-state index contributed by atoms with van der Waals surface area (Å²) in [5.41, 5.74) is 14.1. The molecule has 6 N–H and O–H groups in total. The number of nitrogens with two attached hydrogens (primary N) is 2. The van der Waals surface area contributed by atoms with Gasteiger partial charge >= 0.3 is 0 Å². The van der Waals surface area contributed by atoms with E-state index in [0.717, 1.165) is 11.2 Å². The quantitative estimate of drug-likeness (QED) is 0.533. The lowest BCUT2D eigenvalue weighted by Gasteiger charge is -2.05. The molecule has 0 saturated heterocycles. The Labute approximate surface area is 103 Å². The van der Waals surface area contributed by atoms with Gasteiger partial charge in [0, 0.05) is 18.3 Å². The smallest absolute Gasteiger partial charge is 0.179 e. The third-order valence-corrected chi connectivity index (χ3v) is 2.73. The van der Waals surface area contributed by atoms with Crippen LogP contribution in [0.5, 0.6) is 0 Å². The first kappa shape index (κ1) is 10.7. The Morgan fingerprint density at radius 2 is 2.17 bits per heavy atom. The van der Waals surface area contributed by atoms with Gasteiger partial charge in [0.15, 0.2) is 5.65 Å². The number of hydrogen-bond donors (Lipinski definition) is 4. The molecule has 0 bridgehead atoms. The molecule has 1 atom stereocenters. The molecule has 7 heteroatoms. The molecule has 0 aliphatic rings. The van der Waals surface area contributed by atoms with Crippen molar-refractivity contribution in [2.24, 2.45) is 5.73 Å². The molecule has 0 spiro atoms. The highest BCUT2D eigenvalue weighted by molar-refractivity contribution is 5.72.